The molecule has 0 radical (unpaired) electrons. The fraction of sp³-hybridized carbons (Fsp3) is 0.400. The van der Waals surface area contributed by atoms with Gasteiger partial charge in [0, 0.05) is 0 Å². The van der Waals surface area contributed by atoms with Crippen molar-refractivity contribution in [1.29, 1.82) is 0 Å². The van der Waals surface area contributed by atoms with E-state index in [0.29, 0.717) is 0 Å². The molecule has 0 rings (SSSR count). The normalized spacial score (nSPS) is 6.09. The summed E-state index contributed by atoms with van der Waals surface area (Å²) in [7, 11) is 0. The van der Waals surface area contributed by atoms with Crippen LogP contribution in [0, 0.1) is 0 Å². The number of carboxylic acid groups (broad SMARTS) is 4. The van der Waals surface area contributed by atoms with Crippen LogP contribution in [0.1, 0.15) is 30.0 Å². The van der Waals surface area contributed by atoms with Crippen molar-refractivity contribution in [3.8, 4) is 0 Å². The molecule has 0 saturated carbocycles. The first-order valence-electron chi connectivity index (χ1n) is 4.63. The van der Waals surface area contributed by atoms with Crippen molar-refractivity contribution >= 4 is 23.9 Å². The topological polar surface area (TPSA) is 219 Å². The Bertz CT molecular complexity index is 263. The minimum atomic E-state index is -1.08. The first-order valence-corrected chi connectivity index (χ1v) is 4.63. The Morgan fingerprint density at radius 3 is 0.696 bits per heavy atom. The van der Waals surface area contributed by atoms with E-state index in [9.17, 15) is 19.2 Å². The third-order valence-corrected chi connectivity index (χ3v) is 1.11. The van der Waals surface area contributed by atoms with E-state index >= 15 is 0 Å². The molecule has 10 N–H and O–H groups in total. The summed E-state index contributed by atoms with van der Waals surface area (Å²) in [4.78, 5) is 38.6. The van der Waals surface area contributed by atoms with Crippen LogP contribution in [0.2, 0.25) is 0 Å². The first-order chi connectivity index (χ1) is 8.25. The van der Waals surface area contributed by atoms with Gasteiger partial charge in [-0.05, 0) is 0 Å². The molecular formula is C10H25N2Na3O8. The van der Waals surface area contributed by atoms with Crippen LogP contribution in [0.4, 0.5) is 0 Å². The summed E-state index contributed by atoms with van der Waals surface area (Å²) in [5.41, 5.74) is 0. The summed E-state index contributed by atoms with van der Waals surface area (Å²) in [6, 6.07) is 0. The third-order valence-electron chi connectivity index (χ3n) is 1.11. The van der Waals surface area contributed by atoms with Crippen molar-refractivity contribution in [2.75, 3.05) is 0 Å². The molecule has 0 aliphatic heterocycles. The molecule has 10 nitrogen and oxygen atoms in total. The Labute approximate surface area is 205 Å². The van der Waals surface area contributed by atoms with Crippen LogP contribution in [0.25, 0.3) is 0 Å². The molecule has 126 valence electrons. The van der Waals surface area contributed by atoms with Gasteiger partial charge in [-0.25, -0.2) is 0 Å². The molecule has 0 spiro atoms. The molecule has 13 heteroatoms. The van der Waals surface area contributed by atoms with Crippen molar-refractivity contribution in [3.05, 3.63) is 13.2 Å². The number of carbonyl (C=O) groups is 4. The van der Waals surface area contributed by atoms with Gasteiger partial charge in [-0.15, -0.1) is 13.2 Å². The van der Waals surface area contributed by atoms with Crippen LogP contribution >= 0.6 is 0 Å². The molecule has 0 unspecified atom stereocenters. The maximum Gasteiger partial charge on any atom is 1.00 e. The van der Waals surface area contributed by atoms with Gasteiger partial charge in [0.15, 0.2) is 0 Å². The summed E-state index contributed by atoms with van der Waals surface area (Å²) >= 11 is 0. The summed E-state index contributed by atoms with van der Waals surface area (Å²) in [6.07, 6.45) is -1.19. The van der Waals surface area contributed by atoms with Crippen molar-refractivity contribution < 1.29 is 133 Å². The SMILES string of the molecule is C=C.N.N.O=C(O)CCC(=O)O.O=C(O)CCC(=O)O.[H-].[H-].[H-].[Na+].[Na+].[Na+]. The van der Waals surface area contributed by atoms with E-state index in [1.165, 1.54) is 0 Å². The quantitative estimate of drug-likeness (QED) is 0.191. The number of aliphatic carboxylic acids is 4. The maximum atomic E-state index is 9.64. The van der Waals surface area contributed by atoms with E-state index in [2.05, 4.69) is 13.2 Å². The molecule has 0 amide bonds. The fourth-order valence-corrected chi connectivity index (χ4v) is 0.428. The maximum absolute atomic E-state index is 9.64. The van der Waals surface area contributed by atoms with E-state index in [1.54, 1.807) is 0 Å². The van der Waals surface area contributed by atoms with Crippen LogP contribution in [-0.2, 0) is 19.2 Å². The molecule has 0 bridgehead atoms. The number of rotatable bonds is 6. The molecule has 0 fully saturated rings. The molecule has 0 aromatic carbocycles. The Kier molecular flexibility index (Phi) is 82.3. The van der Waals surface area contributed by atoms with E-state index in [0.717, 1.165) is 0 Å². The third kappa shape index (κ3) is 85.6. The number of hydrogen-bond acceptors (Lipinski definition) is 6. The van der Waals surface area contributed by atoms with Crippen LogP contribution in [-0.4, -0.2) is 44.3 Å². The zero-order chi connectivity index (χ0) is 15.1. The predicted molar refractivity (Wildman–Crippen MR) is 73.6 cm³/mol. The molecule has 23 heavy (non-hydrogen) atoms. The fourth-order valence-electron chi connectivity index (χ4n) is 0.428. The van der Waals surface area contributed by atoms with Crippen molar-refractivity contribution in [2.45, 2.75) is 25.7 Å². The van der Waals surface area contributed by atoms with Crippen molar-refractivity contribution in [3.63, 3.8) is 0 Å². The smallest absolute Gasteiger partial charge is 1.00 e. The number of hydrogen-bond donors (Lipinski definition) is 6. The molecule has 0 aliphatic rings. The Hall–Kier alpha value is 0.540. The minimum absolute atomic E-state index is 0. The summed E-state index contributed by atoms with van der Waals surface area (Å²) < 4.78 is 0. The van der Waals surface area contributed by atoms with Gasteiger partial charge in [-0.2, -0.15) is 0 Å². The van der Waals surface area contributed by atoms with E-state index in [-0.39, 0.29) is 131 Å². The van der Waals surface area contributed by atoms with E-state index in [4.69, 9.17) is 20.4 Å². The molecule has 0 atom stereocenters. The average Bonchev–Trinajstić information content (AvgIpc) is 2.27. The zero-order valence-electron chi connectivity index (χ0n) is 17.1. The van der Waals surface area contributed by atoms with Gasteiger partial charge >= 0.3 is 113 Å². The number of carboxylic acids is 4. The van der Waals surface area contributed by atoms with Crippen molar-refractivity contribution in [1.82, 2.24) is 12.3 Å². The van der Waals surface area contributed by atoms with Gasteiger partial charge in [-0.3, -0.25) is 19.2 Å². The van der Waals surface area contributed by atoms with E-state index in [1.807, 2.05) is 0 Å². The largest absolute Gasteiger partial charge is 1.00 e. The Morgan fingerprint density at radius 2 is 0.652 bits per heavy atom. The second-order valence-electron chi connectivity index (χ2n) is 2.57. The zero-order valence-corrected chi connectivity index (χ0v) is 20.1. The van der Waals surface area contributed by atoms with Gasteiger partial charge in [0.05, 0.1) is 25.7 Å². The predicted octanol–water partition coefficient (Wildman–Crippen LogP) is -7.65. The van der Waals surface area contributed by atoms with Gasteiger partial charge < -0.3 is 37.0 Å². The first kappa shape index (κ1) is 49.5. The average molecular weight is 370 g/mol. The van der Waals surface area contributed by atoms with Crippen LogP contribution in [0.3, 0.4) is 0 Å². The standard InChI is InChI=1S/2C4H6O4.C2H4.2H3N.3Na.3H/c2*5-3(6)1-2-4(7)8;1-2;;;;;;;;/h2*1-2H2,(H,5,6)(H,7,8);1-2H2;2*1H3;;;;;;/q;;;;;3*+1;3*-1. The summed E-state index contributed by atoms with van der Waals surface area (Å²) in [6.45, 7) is 6.00. The van der Waals surface area contributed by atoms with Crippen LogP contribution < -0.4 is 101 Å². The summed E-state index contributed by atoms with van der Waals surface area (Å²) in [5, 5.41) is 31.6. The second-order valence-corrected chi connectivity index (χ2v) is 2.57. The van der Waals surface area contributed by atoms with Gasteiger partial charge in [0.2, 0.25) is 0 Å². The second kappa shape index (κ2) is 38.2. The Morgan fingerprint density at radius 1 is 0.565 bits per heavy atom. The van der Waals surface area contributed by atoms with E-state index < -0.39 is 23.9 Å². The molecule has 0 aromatic heterocycles. The molecular weight excluding hydrogens is 345 g/mol. The molecule has 0 aliphatic carbocycles. The Balaban J connectivity index is -0.0000000137. The van der Waals surface area contributed by atoms with Crippen LogP contribution in [0.5, 0.6) is 0 Å². The van der Waals surface area contributed by atoms with Gasteiger partial charge in [0.25, 0.3) is 0 Å². The minimum Gasteiger partial charge on any atom is -1.00 e. The molecule has 0 heterocycles. The molecule has 0 saturated heterocycles. The van der Waals surface area contributed by atoms with Gasteiger partial charge in [-0.1, -0.05) is 0 Å². The molecule has 0 aromatic rings. The van der Waals surface area contributed by atoms with Crippen LogP contribution in [0.15, 0.2) is 13.2 Å². The van der Waals surface area contributed by atoms with Crippen molar-refractivity contribution in [2.24, 2.45) is 0 Å². The monoisotopic (exact) mass is 370 g/mol. The summed E-state index contributed by atoms with van der Waals surface area (Å²) in [5.74, 6) is -4.31. The van der Waals surface area contributed by atoms with Gasteiger partial charge in [0.1, 0.15) is 0 Å².